The van der Waals surface area contributed by atoms with Gasteiger partial charge in [0.15, 0.2) is 0 Å². The summed E-state index contributed by atoms with van der Waals surface area (Å²) in [6.07, 6.45) is 6.36. The van der Waals surface area contributed by atoms with Crippen LogP contribution < -0.4 is 5.32 Å². The molecule has 0 saturated heterocycles. The third-order valence-corrected chi connectivity index (χ3v) is 2.37. The highest BCUT2D eigenvalue weighted by molar-refractivity contribution is 5.82. The van der Waals surface area contributed by atoms with Crippen molar-refractivity contribution in [2.45, 2.75) is 39.7 Å². The lowest BCUT2D eigenvalue weighted by molar-refractivity contribution is -0.139. The number of amides is 2. The summed E-state index contributed by atoms with van der Waals surface area (Å²) in [5.41, 5.74) is 0. The predicted octanol–water partition coefficient (Wildman–Crippen LogP) is 1.54. The number of carbonyl (C=O) groups excluding carboxylic acids is 1. The Balaban J connectivity index is 4.55. The number of nitrogens with zero attached hydrogens (tertiary/aromatic N) is 1. The molecule has 1 atom stereocenters. The van der Waals surface area contributed by atoms with Gasteiger partial charge in [-0.05, 0) is 18.8 Å². The molecule has 0 spiro atoms. The van der Waals surface area contributed by atoms with E-state index in [0.29, 0.717) is 13.0 Å². The Morgan fingerprint density at radius 1 is 1.44 bits per heavy atom. The maximum atomic E-state index is 11.9. The van der Waals surface area contributed by atoms with Gasteiger partial charge in [0.05, 0.1) is 6.54 Å². The lowest BCUT2D eigenvalue weighted by Crippen LogP contribution is -2.48. The Labute approximate surface area is 109 Å². The maximum absolute atomic E-state index is 11.9. The molecule has 0 saturated carbocycles. The fourth-order valence-electron chi connectivity index (χ4n) is 1.57. The van der Waals surface area contributed by atoms with Crippen LogP contribution in [-0.4, -0.2) is 41.1 Å². The molecule has 0 aliphatic heterocycles. The van der Waals surface area contributed by atoms with Crippen molar-refractivity contribution in [1.82, 2.24) is 10.2 Å². The molecule has 102 valence electrons. The molecule has 2 amide bonds. The number of carboxylic acid groups (broad SMARTS) is 1. The molecular formula is C13H22N2O3. The molecule has 0 aromatic heterocycles. The lowest BCUT2D eigenvalue weighted by Gasteiger charge is -2.23. The first-order chi connectivity index (χ1) is 8.42. The normalized spacial score (nSPS) is 11.7. The number of carboxylic acids is 1. The van der Waals surface area contributed by atoms with Crippen LogP contribution >= 0.6 is 0 Å². The Bertz CT molecular complexity index is 321. The fraction of sp³-hybridized carbons (Fsp3) is 0.692. The van der Waals surface area contributed by atoms with Crippen molar-refractivity contribution in [1.29, 1.82) is 0 Å². The van der Waals surface area contributed by atoms with Crippen LogP contribution in [0.1, 0.15) is 33.6 Å². The summed E-state index contributed by atoms with van der Waals surface area (Å²) in [7, 11) is 0. The summed E-state index contributed by atoms with van der Waals surface area (Å²) in [6.45, 7) is 6.46. The number of hydrogen-bond donors (Lipinski definition) is 2. The van der Waals surface area contributed by atoms with E-state index in [2.05, 4.69) is 11.2 Å². The van der Waals surface area contributed by atoms with Crippen molar-refractivity contribution in [3.05, 3.63) is 0 Å². The number of urea groups is 1. The lowest BCUT2D eigenvalue weighted by atomic mass is 10.0. The zero-order chi connectivity index (χ0) is 14.1. The number of carbonyl (C=O) groups is 2. The summed E-state index contributed by atoms with van der Waals surface area (Å²) >= 11 is 0. The molecule has 0 fully saturated rings. The third kappa shape index (κ3) is 6.14. The maximum Gasteiger partial charge on any atom is 0.326 e. The molecule has 2 N–H and O–H groups in total. The second kappa shape index (κ2) is 8.40. The number of nitrogens with one attached hydrogen (secondary N) is 1. The van der Waals surface area contributed by atoms with Crippen LogP contribution in [0, 0.1) is 18.3 Å². The third-order valence-electron chi connectivity index (χ3n) is 2.37. The van der Waals surface area contributed by atoms with E-state index >= 15 is 0 Å². The predicted molar refractivity (Wildman–Crippen MR) is 70.1 cm³/mol. The standard InChI is InChI=1S/C13H22N2O3/c1-5-7-15(8-6-2)13(18)14-11(12(16)17)9-10(3)4/h1,10-11H,6-9H2,2-4H3,(H,14,18)(H,16,17)/t11-/m1/s1. The first kappa shape index (κ1) is 16.3. The number of aliphatic carboxylic acids is 1. The minimum absolute atomic E-state index is 0.188. The van der Waals surface area contributed by atoms with Gasteiger partial charge >= 0.3 is 12.0 Å². The Hall–Kier alpha value is -1.70. The van der Waals surface area contributed by atoms with E-state index in [4.69, 9.17) is 11.5 Å². The van der Waals surface area contributed by atoms with Gasteiger partial charge in [-0.3, -0.25) is 0 Å². The average molecular weight is 254 g/mol. The first-order valence-corrected chi connectivity index (χ1v) is 6.14. The van der Waals surface area contributed by atoms with Gasteiger partial charge in [0.1, 0.15) is 6.04 Å². The van der Waals surface area contributed by atoms with Crippen molar-refractivity contribution in [3.8, 4) is 12.3 Å². The van der Waals surface area contributed by atoms with Crippen molar-refractivity contribution in [2.24, 2.45) is 5.92 Å². The van der Waals surface area contributed by atoms with E-state index in [-0.39, 0.29) is 12.5 Å². The van der Waals surface area contributed by atoms with E-state index in [1.165, 1.54) is 4.90 Å². The fourth-order valence-corrected chi connectivity index (χ4v) is 1.57. The molecule has 0 aliphatic carbocycles. The van der Waals surface area contributed by atoms with Gasteiger partial charge in [0, 0.05) is 6.54 Å². The minimum atomic E-state index is -1.02. The molecule has 0 bridgehead atoms. The van der Waals surface area contributed by atoms with Crippen LogP contribution in [0.5, 0.6) is 0 Å². The van der Waals surface area contributed by atoms with Crippen LogP contribution in [0.25, 0.3) is 0 Å². The van der Waals surface area contributed by atoms with Gasteiger partial charge < -0.3 is 15.3 Å². The number of hydrogen-bond acceptors (Lipinski definition) is 2. The molecule has 0 aliphatic rings. The quantitative estimate of drug-likeness (QED) is 0.677. The molecule has 0 rings (SSSR count). The second-order valence-corrected chi connectivity index (χ2v) is 4.60. The van der Waals surface area contributed by atoms with Crippen LogP contribution in [0.4, 0.5) is 4.79 Å². The Morgan fingerprint density at radius 3 is 2.44 bits per heavy atom. The van der Waals surface area contributed by atoms with E-state index in [0.717, 1.165) is 6.42 Å². The van der Waals surface area contributed by atoms with Crippen molar-refractivity contribution >= 4 is 12.0 Å². The van der Waals surface area contributed by atoms with Gasteiger partial charge in [-0.2, -0.15) is 0 Å². The molecule has 18 heavy (non-hydrogen) atoms. The van der Waals surface area contributed by atoms with Crippen LogP contribution in [0.3, 0.4) is 0 Å². The van der Waals surface area contributed by atoms with Gasteiger partial charge in [0.2, 0.25) is 0 Å². The van der Waals surface area contributed by atoms with Crippen molar-refractivity contribution in [2.75, 3.05) is 13.1 Å². The van der Waals surface area contributed by atoms with Crippen molar-refractivity contribution in [3.63, 3.8) is 0 Å². The Morgan fingerprint density at radius 2 is 2.06 bits per heavy atom. The topological polar surface area (TPSA) is 69.6 Å². The van der Waals surface area contributed by atoms with E-state index in [9.17, 15) is 9.59 Å². The zero-order valence-corrected chi connectivity index (χ0v) is 11.3. The van der Waals surface area contributed by atoms with E-state index in [1.807, 2.05) is 20.8 Å². The highest BCUT2D eigenvalue weighted by Gasteiger charge is 2.23. The SMILES string of the molecule is C#CCN(CCC)C(=O)N[C@H](CC(C)C)C(=O)O. The number of terminal acetylenes is 1. The second-order valence-electron chi connectivity index (χ2n) is 4.60. The smallest absolute Gasteiger partial charge is 0.326 e. The van der Waals surface area contributed by atoms with Crippen LogP contribution in [0.15, 0.2) is 0 Å². The Kier molecular flexibility index (Phi) is 7.61. The van der Waals surface area contributed by atoms with Gasteiger partial charge in [-0.25, -0.2) is 9.59 Å². The van der Waals surface area contributed by atoms with Gasteiger partial charge in [0.25, 0.3) is 0 Å². The molecule has 5 nitrogen and oxygen atoms in total. The average Bonchev–Trinajstić information content (AvgIpc) is 2.27. The molecule has 0 heterocycles. The first-order valence-electron chi connectivity index (χ1n) is 6.14. The summed E-state index contributed by atoms with van der Waals surface area (Å²) in [4.78, 5) is 24.4. The summed E-state index contributed by atoms with van der Waals surface area (Å²) in [6, 6.07) is -1.28. The van der Waals surface area contributed by atoms with Gasteiger partial charge in [-0.15, -0.1) is 6.42 Å². The molecule has 0 radical (unpaired) electrons. The summed E-state index contributed by atoms with van der Waals surface area (Å²) in [5.74, 6) is 1.57. The largest absolute Gasteiger partial charge is 0.480 e. The number of rotatable bonds is 7. The summed E-state index contributed by atoms with van der Waals surface area (Å²) in [5, 5.41) is 11.5. The molecule has 0 unspecified atom stereocenters. The van der Waals surface area contributed by atoms with E-state index < -0.39 is 18.0 Å². The minimum Gasteiger partial charge on any atom is -0.480 e. The molecular weight excluding hydrogens is 232 g/mol. The van der Waals surface area contributed by atoms with E-state index in [1.54, 1.807) is 0 Å². The highest BCUT2D eigenvalue weighted by atomic mass is 16.4. The van der Waals surface area contributed by atoms with Gasteiger partial charge in [-0.1, -0.05) is 26.7 Å². The highest BCUT2D eigenvalue weighted by Crippen LogP contribution is 2.06. The van der Waals surface area contributed by atoms with Crippen molar-refractivity contribution < 1.29 is 14.7 Å². The van der Waals surface area contributed by atoms with Crippen LogP contribution in [-0.2, 0) is 4.79 Å². The summed E-state index contributed by atoms with van der Waals surface area (Å²) < 4.78 is 0. The zero-order valence-electron chi connectivity index (χ0n) is 11.3. The monoisotopic (exact) mass is 254 g/mol. The van der Waals surface area contributed by atoms with Crippen LogP contribution in [0.2, 0.25) is 0 Å². The molecule has 5 heteroatoms. The molecule has 0 aromatic rings. The molecule has 0 aromatic carbocycles.